The zero-order chi connectivity index (χ0) is 15.1. The largest absolute Gasteiger partial charge is 0.377 e. The van der Waals surface area contributed by atoms with Gasteiger partial charge >= 0.3 is 0 Å². The van der Waals surface area contributed by atoms with Crippen LogP contribution in [0.1, 0.15) is 30.1 Å². The molecule has 0 unspecified atom stereocenters. The minimum atomic E-state index is -0.229. The van der Waals surface area contributed by atoms with Crippen LogP contribution in [-0.2, 0) is 4.74 Å². The van der Waals surface area contributed by atoms with Gasteiger partial charge in [-0.3, -0.25) is 10.7 Å². The zero-order valence-electron chi connectivity index (χ0n) is 12.0. The number of methoxy groups -OCH3 is 1. The summed E-state index contributed by atoms with van der Waals surface area (Å²) >= 11 is 0. The summed E-state index contributed by atoms with van der Waals surface area (Å²) in [4.78, 5) is 0. The highest BCUT2D eigenvalue weighted by molar-refractivity contribution is 5.26. The number of hydrogen-bond acceptors (Lipinski definition) is 3. The van der Waals surface area contributed by atoms with Gasteiger partial charge in [0.15, 0.2) is 0 Å². The Bertz CT molecular complexity index is 474. The van der Waals surface area contributed by atoms with E-state index >= 15 is 0 Å². The van der Waals surface area contributed by atoms with E-state index in [0.29, 0.717) is 24.1 Å². The molecule has 0 heterocycles. The van der Waals surface area contributed by atoms with Crippen LogP contribution in [-0.4, -0.2) is 12.3 Å². The molecule has 3 nitrogen and oxygen atoms in total. The van der Waals surface area contributed by atoms with Gasteiger partial charge in [-0.15, -0.1) is 6.58 Å². The van der Waals surface area contributed by atoms with E-state index in [4.69, 9.17) is 9.94 Å². The number of aryl methyl sites for hydroxylation is 1. The highest BCUT2D eigenvalue weighted by Crippen LogP contribution is 2.30. The fourth-order valence-electron chi connectivity index (χ4n) is 2.17. The minimum absolute atomic E-state index is 0.00666. The Morgan fingerprint density at radius 1 is 1.55 bits per heavy atom. The first-order valence-corrected chi connectivity index (χ1v) is 6.52. The molecule has 0 aromatic heterocycles. The Morgan fingerprint density at radius 3 is 2.75 bits per heavy atom. The van der Waals surface area contributed by atoms with Crippen LogP contribution in [0.5, 0.6) is 0 Å². The molecule has 4 heteroatoms. The highest BCUT2D eigenvalue weighted by atomic mass is 19.1. The molecule has 1 rings (SSSR count). The average molecular weight is 279 g/mol. The zero-order valence-corrected chi connectivity index (χ0v) is 12.0. The van der Waals surface area contributed by atoms with E-state index in [2.05, 4.69) is 18.6 Å². The summed E-state index contributed by atoms with van der Waals surface area (Å²) in [6, 6.07) is 4.94. The summed E-state index contributed by atoms with van der Waals surface area (Å²) < 4.78 is 18.8. The van der Waals surface area contributed by atoms with Crippen LogP contribution in [0.2, 0.25) is 0 Å². The number of hydroxylamine groups is 1. The molecular formula is C16H22FNO2. The van der Waals surface area contributed by atoms with Crippen LogP contribution in [0.25, 0.3) is 0 Å². The van der Waals surface area contributed by atoms with Crippen LogP contribution < -0.4 is 5.48 Å². The molecule has 0 saturated heterocycles. The lowest BCUT2D eigenvalue weighted by atomic mass is 9.91. The van der Waals surface area contributed by atoms with Gasteiger partial charge in [-0.2, -0.15) is 0 Å². The molecule has 110 valence electrons. The maximum absolute atomic E-state index is 13.3. The Balaban J connectivity index is 2.90. The number of hydrogen-bond donors (Lipinski definition) is 2. The standard InChI is InChI=1S/C16H22FNO2/c1-5-6-13(12(3)18-19)10-16(20-4)14-7-8-15(17)11(2)9-14/h5,7-9,13,16,18-19H,1,3,6,10H2,2,4H3/t13-,16+/m0/s1. The Morgan fingerprint density at radius 2 is 2.25 bits per heavy atom. The maximum atomic E-state index is 13.3. The summed E-state index contributed by atoms with van der Waals surface area (Å²) in [6.45, 7) is 9.21. The fourth-order valence-corrected chi connectivity index (χ4v) is 2.17. The first-order valence-electron chi connectivity index (χ1n) is 6.52. The van der Waals surface area contributed by atoms with Crippen LogP contribution in [0, 0.1) is 18.7 Å². The lowest BCUT2D eigenvalue weighted by Gasteiger charge is -2.23. The number of allylic oxidation sites excluding steroid dienone is 2. The third kappa shape index (κ3) is 4.18. The molecule has 0 spiro atoms. The monoisotopic (exact) mass is 279 g/mol. The van der Waals surface area contributed by atoms with Crippen molar-refractivity contribution >= 4 is 0 Å². The SMILES string of the molecule is C=CC[C@@H](C[C@@H](OC)c1ccc(F)c(C)c1)C(=C)NO. The predicted octanol–water partition coefficient (Wildman–Crippen LogP) is 3.90. The molecule has 0 aliphatic heterocycles. The summed E-state index contributed by atoms with van der Waals surface area (Å²) in [7, 11) is 1.61. The van der Waals surface area contributed by atoms with E-state index < -0.39 is 0 Å². The van der Waals surface area contributed by atoms with E-state index in [-0.39, 0.29) is 17.8 Å². The molecule has 2 N–H and O–H groups in total. The normalized spacial score (nSPS) is 13.6. The number of ether oxygens (including phenoxy) is 1. The molecule has 0 radical (unpaired) electrons. The van der Waals surface area contributed by atoms with Crippen molar-refractivity contribution in [1.29, 1.82) is 0 Å². The summed E-state index contributed by atoms with van der Waals surface area (Å²) in [5.41, 5.74) is 4.11. The third-order valence-electron chi connectivity index (χ3n) is 3.42. The number of benzene rings is 1. The Kier molecular flexibility index (Phi) is 6.42. The van der Waals surface area contributed by atoms with Crippen molar-refractivity contribution in [2.75, 3.05) is 7.11 Å². The quantitative estimate of drug-likeness (QED) is 0.560. The second kappa shape index (κ2) is 7.82. The van der Waals surface area contributed by atoms with Gasteiger partial charge in [-0.25, -0.2) is 4.39 Å². The molecule has 0 aliphatic carbocycles. The molecule has 2 atom stereocenters. The smallest absolute Gasteiger partial charge is 0.126 e. The van der Waals surface area contributed by atoms with Gasteiger partial charge in [0.1, 0.15) is 5.82 Å². The van der Waals surface area contributed by atoms with E-state index in [9.17, 15) is 4.39 Å². The van der Waals surface area contributed by atoms with Crippen molar-refractivity contribution in [3.63, 3.8) is 0 Å². The van der Waals surface area contributed by atoms with Gasteiger partial charge in [0.05, 0.1) is 6.10 Å². The lowest BCUT2D eigenvalue weighted by molar-refractivity contribution is 0.0790. The van der Waals surface area contributed by atoms with Crippen LogP contribution in [0.4, 0.5) is 4.39 Å². The van der Waals surface area contributed by atoms with Crippen molar-refractivity contribution < 1.29 is 14.3 Å². The van der Waals surface area contributed by atoms with E-state index in [0.717, 1.165) is 5.56 Å². The molecule has 0 amide bonds. The second-order valence-corrected chi connectivity index (χ2v) is 4.83. The minimum Gasteiger partial charge on any atom is -0.377 e. The lowest BCUT2D eigenvalue weighted by Crippen LogP contribution is -2.19. The van der Waals surface area contributed by atoms with Crippen molar-refractivity contribution in [3.8, 4) is 0 Å². The summed E-state index contributed by atoms with van der Waals surface area (Å²) in [5.74, 6) is -0.236. The van der Waals surface area contributed by atoms with Crippen molar-refractivity contribution in [1.82, 2.24) is 5.48 Å². The molecule has 20 heavy (non-hydrogen) atoms. The van der Waals surface area contributed by atoms with Gasteiger partial charge in [0.25, 0.3) is 0 Å². The number of nitrogens with one attached hydrogen (secondary N) is 1. The number of halogens is 1. The topological polar surface area (TPSA) is 41.5 Å². The maximum Gasteiger partial charge on any atom is 0.126 e. The first-order chi connectivity index (χ1) is 9.53. The van der Waals surface area contributed by atoms with Gasteiger partial charge < -0.3 is 4.74 Å². The molecule has 0 aliphatic rings. The second-order valence-electron chi connectivity index (χ2n) is 4.83. The summed E-state index contributed by atoms with van der Waals surface area (Å²) in [5, 5.41) is 8.99. The Labute approximate surface area is 119 Å². The molecule has 0 bridgehead atoms. The van der Waals surface area contributed by atoms with Crippen molar-refractivity contribution in [3.05, 3.63) is 60.1 Å². The molecule has 1 aromatic carbocycles. The van der Waals surface area contributed by atoms with E-state index in [1.165, 1.54) is 6.07 Å². The third-order valence-corrected chi connectivity index (χ3v) is 3.42. The molecular weight excluding hydrogens is 257 g/mol. The fraction of sp³-hybridized carbons (Fsp3) is 0.375. The summed E-state index contributed by atoms with van der Waals surface area (Å²) in [6.07, 6.45) is 2.88. The van der Waals surface area contributed by atoms with E-state index in [1.807, 2.05) is 0 Å². The van der Waals surface area contributed by atoms with Gasteiger partial charge in [-0.05, 0) is 37.0 Å². The van der Waals surface area contributed by atoms with Crippen molar-refractivity contribution in [2.24, 2.45) is 5.92 Å². The van der Waals surface area contributed by atoms with Crippen LogP contribution in [0.15, 0.2) is 43.1 Å². The van der Waals surface area contributed by atoms with E-state index in [1.54, 1.807) is 32.2 Å². The molecule has 0 fully saturated rings. The van der Waals surface area contributed by atoms with Gasteiger partial charge in [-0.1, -0.05) is 24.8 Å². The Hall–Kier alpha value is -1.65. The number of rotatable bonds is 8. The van der Waals surface area contributed by atoms with Gasteiger partial charge in [0.2, 0.25) is 0 Å². The van der Waals surface area contributed by atoms with Crippen LogP contribution in [0.3, 0.4) is 0 Å². The highest BCUT2D eigenvalue weighted by Gasteiger charge is 2.20. The average Bonchev–Trinajstić information content (AvgIpc) is 2.45. The van der Waals surface area contributed by atoms with Gasteiger partial charge in [0, 0.05) is 18.7 Å². The van der Waals surface area contributed by atoms with Crippen LogP contribution >= 0.6 is 0 Å². The molecule has 1 aromatic rings. The van der Waals surface area contributed by atoms with Crippen molar-refractivity contribution in [2.45, 2.75) is 25.9 Å². The molecule has 0 saturated carbocycles. The first kappa shape index (κ1) is 16.4. The predicted molar refractivity (Wildman–Crippen MR) is 77.9 cm³/mol.